The molecule has 55 heavy (non-hydrogen) atoms. The number of thioether (sulfide) groups is 1. The zero-order valence-corrected chi connectivity index (χ0v) is 35.9. The van der Waals surface area contributed by atoms with Crippen molar-refractivity contribution >= 4 is 61.1 Å². The molecule has 0 radical (unpaired) electrons. The van der Waals surface area contributed by atoms with Crippen LogP contribution in [0.2, 0.25) is 0 Å². The second-order valence-corrected chi connectivity index (χ2v) is 20.3. The number of hydrogen-bond donors (Lipinski definition) is 0. The Morgan fingerprint density at radius 3 is 1.31 bits per heavy atom. The molecule has 0 saturated carbocycles. The predicted molar refractivity (Wildman–Crippen MR) is 244 cm³/mol. The van der Waals surface area contributed by atoms with E-state index >= 15 is 0 Å². The fraction of sp³-hybridized carbons (Fsp3) is 0.308. The van der Waals surface area contributed by atoms with Gasteiger partial charge in [0.05, 0.1) is 22.1 Å². The number of fused-ring (bicyclic) bond motifs is 6. The van der Waals surface area contributed by atoms with Gasteiger partial charge in [-0.25, -0.2) is 0 Å². The molecule has 7 rings (SSSR count). The molecule has 282 valence electrons. The number of nitrogens with zero attached hydrogens (tertiary/aromatic N) is 2. The quantitative estimate of drug-likeness (QED) is 0.122. The van der Waals surface area contributed by atoms with Crippen molar-refractivity contribution in [1.82, 2.24) is 9.13 Å². The maximum atomic E-state index is 4.12. The molecule has 0 N–H and O–H groups in total. The molecule has 0 saturated heterocycles. The molecule has 2 aromatic heterocycles. The van der Waals surface area contributed by atoms with Crippen LogP contribution in [-0.4, -0.2) is 9.13 Å². The lowest BCUT2D eigenvalue weighted by Gasteiger charge is -2.19. The van der Waals surface area contributed by atoms with Gasteiger partial charge in [0.15, 0.2) is 0 Å². The third-order valence-corrected chi connectivity index (χ3v) is 11.9. The van der Waals surface area contributed by atoms with E-state index in [2.05, 4.69) is 213 Å². The molecule has 0 unspecified atom stereocenters. The highest BCUT2D eigenvalue weighted by Gasteiger charge is 2.23. The molecule has 0 aliphatic rings. The van der Waals surface area contributed by atoms with E-state index in [4.69, 9.17) is 0 Å². The molecule has 7 aromatic rings. The second-order valence-electron chi connectivity index (χ2n) is 19.3. The summed E-state index contributed by atoms with van der Waals surface area (Å²) in [5.41, 5.74) is 12.7. The Balaban J connectivity index is 1.30. The normalized spacial score (nSPS) is 13.6. The monoisotopic (exact) mass is 742 g/mol. The number of rotatable bonds is 6. The van der Waals surface area contributed by atoms with Crippen LogP contribution in [0.15, 0.2) is 132 Å². The number of hydrogen-bond acceptors (Lipinski definition) is 1. The Morgan fingerprint density at radius 1 is 0.509 bits per heavy atom. The maximum Gasteiger partial charge on any atom is 0.0541 e. The minimum Gasteiger partial charge on any atom is -0.309 e. The smallest absolute Gasteiger partial charge is 0.0541 e. The minimum atomic E-state index is 0.0546. The van der Waals surface area contributed by atoms with Gasteiger partial charge in [-0.15, -0.1) is 0 Å². The lowest BCUT2D eigenvalue weighted by molar-refractivity contribution is 0.590. The van der Waals surface area contributed by atoms with Crippen molar-refractivity contribution in [2.75, 3.05) is 0 Å². The van der Waals surface area contributed by atoms with Crippen LogP contribution in [0.1, 0.15) is 105 Å². The molecule has 0 bridgehead atoms. The van der Waals surface area contributed by atoms with Crippen molar-refractivity contribution in [2.45, 2.75) is 110 Å². The van der Waals surface area contributed by atoms with E-state index in [-0.39, 0.29) is 21.7 Å². The molecule has 0 spiro atoms. The lowest BCUT2D eigenvalue weighted by atomic mass is 9.85. The molecular formula is C52H58N2S. The molecule has 5 aromatic carbocycles. The molecule has 0 aliphatic carbocycles. The van der Waals surface area contributed by atoms with Crippen molar-refractivity contribution in [3.8, 4) is 5.69 Å². The standard InChI is InChI=1S/C52H58N2S/c1-14-16-38(53-45-23-19-34(49(2,3)4)29-41(45)42-30-35(50(5,6)7)20-24-46(42)53)27-28-55-40-18-15-17-39(33-40)54-47-25-21-36(51(8,9)10)31-43(47)44-32-37(52(11,12)13)22-26-48(44)54/h14-33H,1H2,2-13H3/b28-27-,38-16+. The summed E-state index contributed by atoms with van der Waals surface area (Å²) in [6.45, 7) is 31.6. The summed E-state index contributed by atoms with van der Waals surface area (Å²) in [6.07, 6.45) is 6.25. The summed E-state index contributed by atoms with van der Waals surface area (Å²) >= 11 is 1.75. The van der Waals surface area contributed by atoms with Gasteiger partial charge in [-0.1, -0.05) is 138 Å². The molecule has 3 heteroatoms. The number of allylic oxidation sites excluding steroid dienone is 4. The van der Waals surface area contributed by atoms with E-state index in [1.165, 1.54) is 76.4 Å². The van der Waals surface area contributed by atoms with Crippen LogP contribution in [0, 0.1) is 0 Å². The van der Waals surface area contributed by atoms with Crippen molar-refractivity contribution in [3.63, 3.8) is 0 Å². The zero-order valence-electron chi connectivity index (χ0n) is 35.1. The Kier molecular flexibility index (Phi) is 9.66. The fourth-order valence-corrected chi connectivity index (χ4v) is 8.38. The summed E-state index contributed by atoms with van der Waals surface area (Å²) in [4.78, 5) is 1.19. The average Bonchev–Trinajstić information content (AvgIpc) is 3.61. The summed E-state index contributed by atoms with van der Waals surface area (Å²) < 4.78 is 4.84. The third kappa shape index (κ3) is 7.36. The molecule has 2 nitrogen and oxygen atoms in total. The molecule has 0 atom stereocenters. The molecule has 2 heterocycles. The van der Waals surface area contributed by atoms with E-state index in [0.717, 1.165) is 5.70 Å². The van der Waals surface area contributed by atoms with Crippen LogP contribution in [0.3, 0.4) is 0 Å². The van der Waals surface area contributed by atoms with E-state index in [9.17, 15) is 0 Å². The summed E-state index contributed by atoms with van der Waals surface area (Å²) in [6, 6.07) is 37.0. The van der Waals surface area contributed by atoms with E-state index in [1.807, 2.05) is 6.08 Å². The van der Waals surface area contributed by atoms with Crippen LogP contribution in [0.25, 0.3) is 55.0 Å². The summed E-state index contributed by atoms with van der Waals surface area (Å²) in [7, 11) is 0. The first-order valence-electron chi connectivity index (χ1n) is 19.7. The van der Waals surface area contributed by atoms with Crippen molar-refractivity contribution in [1.29, 1.82) is 0 Å². The van der Waals surface area contributed by atoms with Gasteiger partial charge in [0.2, 0.25) is 0 Å². The Morgan fingerprint density at radius 2 is 0.909 bits per heavy atom. The van der Waals surface area contributed by atoms with Crippen LogP contribution >= 0.6 is 11.8 Å². The van der Waals surface area contributed by atoms with Gasteiger partial charge in [0, 0.05) is 37.8 Å². The van der Waals surface area contributed by atoms with Crippen molar-refractivity contribution in [3.05, 3.63) is 150 Å². The molecule has 0 aliphatic heterocycles. The molecule has 0 fully saturated rings. The second kappa shape index (κ2) is 13.8. The first-order chi connectivity index (χ1) is 25.8. The van der Waals surface area contributed by atoms with Gasteiger partial charge < -0.3 is 9.13 Å². The van der Waals surface area contributed by atoms with Crippen molar-refractivity contribution in [2.24, 2.45) is 0 Å². The Hall–Kier alpha value is -4.73. The van der Waals surface area contributed by atoms with Gasteiger partial charge in [-0.2, -0.15) is 0 Å². The lowest BCUT2D eigenvalue weighted by Crippen LogP contribution is -2.10. The first-order valence-corrected chi connectivity index (χ1v) is 20.6. The first kappa shape index (κ1) is 38.5. The largest absolute Gasteiger partial charge is 0.309 e. The van der Waals surface area contributed by atoms with Crippen LogP contribution < -0.4 is 0 Å². The van der Waals surface area contributed by atoms with Crippen LogP contribution in [-0.2, 0) is 21.7 Å². The SMILES string of the molecule is C=C/C=C(\C=C/Sc1cccc(-n2c3ccc(C(C)(C)C)cc3c3cc(C(C)(C)C)ccc32)c1)n1c2ccc(C(C)(C)C)cc2c2cc(C(C)(C)C)ccc21. The molecule has 0 amide bonds. The van der Waals surface area contributed by atoms with Gasteiger partial charge in [0.1, 0.15) is 0 Å². The Bertz CT molecular complexity index is 2520. The highest BCUT2D eigenvalue weighted by Crippen LogP contribution is 2.40. The maximum absolute atomic E-state index is 4.12. The fourth-order valence-electron chi connectivity index (χ4n) is 7.67. The zero-order chi connectivity index (χ0) is 39.7. The van der Waals surface area contributed by atoms with E-state index in [1.54, 1.807) is 11.8 Å². The van der Waals surface area contributed by atoms with E-state index < -0.39 is 0 Å². The van der Waals surface area contributed by atoms with Crippen molar-refractivity contribution < 1.29 is 0 Å². The highest BCUT2D eigenvalue weighted by atomic mass is 32.2. The Labute approximate surface area is 333 Å². The van der Waals surface area contributed by atoms with E-state index in [0.29, 0.717) is 0 Å². The summed E-state index contributed by atoms with van der Waals surface area (Å²) in [5.74, 6) is 0. The van der Waals surface area contributed by atoms with Gasteiger partial charge in [-0.05, 0) is 128 Å². The number of benzene rings is 5. The summed E-state index contributed by atoms with van der Waals surface area (Å²) in [5, 5.41) is 7.40. The predicted octanol–water partition coefficient (Wildman–Crippen LogP) is 15.4. The number of aromatic nitrogens is 2. The molecular weight excluding hydrogens is 685 g/mol. The van der Waals surface area contributed by atoms with Gasteiger partial charge >= 0.3 is 0 Å². The van der Waals surface area contributed by atoms with Gasteiger partial charge in [-0.3, -0.25) is 0 Å². The third-order valence-electron chi connectivity index (χ3n) is 11.1. The van der Waals surface area contributed by atoms with Gasteiger partial charge in [0.25, 0.3) is 0 Å². The van der Waals surface area contributed by atoms with Crippen LogP contribution in [0.5, 0.6) is 0 Å². The highest BCUT2D eigenvalue weighted by molar-refractivity contribution is 8.02. The average molecular weight is 743 g/mol. The minimum absolute atomic E-state index is 0.0546. The van der Waals surface area contributed by atoms with Crippen LogP contribution in [0.4, 0.5) is 0 Å². The topological polar surface area (TPSA) is 9.86 Å².